The van der Waals surface area contributed by atoms with Crippen LogP contribution in [-0.4, -0.2) is 42.3 Å². The molecule has 0 radical (unpaired) electrons. The van der Waals surface area contributed by atoms with E-state index >= 15 is 0 Å². The molecule has 0 aromatic heterocycles. The topological polar surface area (TPSA) is 72.8 Å². The Morgan fingerprint density at radius 1 is 1.07 bits per heavy atom. The van der Waals surface area contributed by atoms with E-state index in [1.54, 1.807) is 7.11 Å². The van der Waals surface area contributed by atoms with Crippen LogP contribution in [0.3, 0.4) is 0 Å². The molecule has 5 heteroatoms. The average molecular weight is 413 g/mol. The third-order valence-electron chi connectivity index (χ3n) is 6.10. The second-order valence-electron chi connectivity index (χ2n) is 8.93. The van der Waals surface area contributed by atoms with Gasteiger partial charge < -0.3 is 14.6 Å². The molecule has 0 saturated heterocycles. The van der Waals surface area contributed by atoms with Crippen LogP contribution in [-0.2, 0) is 19.1 Å². The number of methoxy groups -OCH3 is 1. The highest BCUT2D eigenvalue weighted by Gasteiger charge is 2.41. The maximum absolute atomic E-state index is 12.5. The molecule has 1 aliphatic carbocycles. The van der Waals surface area contributed by atoms with Crippen molar-refractivity contribution in [1.29, 1.82) is 0 Å². The van der Waals surface area contributed by atoms with Crippen LogP contribution in [0.4, 0.5) is 0 Å². The Balaban J connectivity index is 2.33. The quantitative estimate of drug-likeness (QED) is 0.278. The van der Waals surface area contributed by atoms with Crippen LogP contribution in [0.15, 0.2) is 0 Å². The van der Waals surface area contributed by atoms with E-state index in [1.807, 2.05) is 13.8 Å². The van der Waals surface area contributed by atoms with Crippen LogP contribution in [0.2, 0.25) is 0 Å². The summed E-state index contributed by atoms with van der Waals surface area (Å²) in [5, 5.41) is 10.3. The van der Waals surface area contributed by atoms with Gasteiger partial charge in [0.05, 0.1) is 18.3 Å². The summed E-state index contributed by atoms with van der Waals surface area (Å²) in [6.07, 6.45) is 11.3. The zero-order valence-electron chi connectivity index (χ0n) is 19.2. The van der Waals surface area contributed by atoms with E-state index in [-0.39, 0.29) is 36.1 Å². The fraction of sp³-hybridized carbons (Fsp3) is 0.917. The first kappa shape index (κ1) is 26.1. The van der Waals surface area contributed by atoms with Crippen LogP contribution >= 0.6 is 0 Å². The van der Waals surface area contributed by atoms with E-state index in [2.05, 4.69) is 6.92 Å². The molecule has 0 bridgehead atoms. The Bertz CT molecular complexity index is 462. The van der Waals surface area contributed by atoms with Crippen LogP contribution in [0.25, 0.3) is 0 Å². The summed E-state index contributed by atoms with van der Waals surface area (Å²) >= 11 is 0. The molecule has 29 heavy (non-hydrogen) atoms. The first-order valence-electron chi connectivity index (χ1n) is 11.8. The molecule has 1 fully saturated rings. The number of rotatable bonds is 16. The molecule has 0 amide bonds. The van der Waals surface area contributed by atoms with E-state index in [9.17, 15) is 14.7 Å². The van der Waals surface area contributed by atoms with Gasteiger partial charge in [0.15, 0.2) is 0 Å². The molecule has 0 heterocycles. The number of Topliss-reactive ketones (excluding diaryl/α,β-unsaturated/α-hetero) is 1. The zero-order valence-corrected chi connectivity index (χ0v) is 19.2. The molecular weight excluding hydrogens is 368 g/mol. The van der Waals surface area contributed by atoms with Gasteiger partial charge in [-0.3, -0.25) is 9.59 Å². The van der Waals surface area contributed by atoms with Crippen LogP contribution in [0.5, 0.6) is 0 Å². The lowest BCUT2D eigenvalue weighted by Gasteiger charge is -2.24. The van der Waals surface area contributed by atoms with Gasteiger partial charge in [-0.15, -0.1) is 0 Å². The fourth-order valence-corrected chi connectivity index (χ4v) is 4.49. The highest BCUT2D eigenvalue weighted by molar-refractivity contribution is 5.84. The van der Waals surface area contributed by atoms with Gasteiger partial charge in [0.25, 0.3) is 0 Å². The Morgan fingerprint density at radius 3 is 2.45 bits per heavy atom. The predicted molar refractivity (Wildman–Crippen MR) is 116 cm³/mol. The molecule has 0 aromatic carbocycles. The Morgan fingerprint density at radius 2 is 1.79 bits per heavy atom. The van der Waals surface area contributed by atoms with Crippen molar-refractivity contribution >= 4 is 11.8 Å². The van der Waals surface area contributed by atoms with Gasteiger partial charge in [-0.25, -0.2) is 0 Å². The number of hydrogen-bond acceptors (Lipinski definition) is 5. The van der Waals surface area contributed by atoms with Crippen molar-refractivity contribution in [1.82, 2.24) is 0 Å². The van der Waals surface area contributed by atoms with Crippen molar-refractivity contribution in [3.8, 4) is 0 Å². The summed E-state index contributed by atoms with van der Waals surface area (Å²) in [7, 11) is 1.70. The molecule has 1 rings (SSSR count). The van der Waals surface area contributed by atoms with Crippen molar-refractivity contribution in [3.63, 3.8) is 0 Å². The van der Waals surface area contributed by atoms with Crippen molar-refractivity contribution in [2.45, 2.75) is 123 Å². The van der Waals surface area contributed by atoms with Gasteiger partial charge in [-0.05, 0) is 51.9 Å². The van der Waals surface area contributed by atoms with E-state index in [1.165, 1.54) is 0 Å². The fourth-order valence-electron chi connectivity index (χ4n) is 4.49. The molecule has 1 N–H and O–H groups in total. The molecule has 1 aliphatic rings. The summed E-state index contributed by atoms with van der Waals surface area (Å²) < 4.78 is 10.8. The van der Waals surface area contributed by atoms with E-state index in [0.717, 1.165) is 70.6 Å². The third-order valence-corrected chi connectivity index (χ3v) is 6.10. The van der Waals surface area contributed by atoms with Gasteiger partial charge in [0.2, 0.25) is 0 Å². The lowest BCUT2D eigenvalue weighted by Crippen LogP contribution is -2.24. The summed E-state index contributed by atoms with van der Waals surface area (Å²) in [6.45, 7) is 5.90. The Labute approximate surface area is 177 Å². The SMILES string of the molecule is CCCCCC(O)CC[C@H]1[C@H](OC)CC(=O)[C@@H]1CCCCCCC(=O)OC(C)C. The molecule has 0 aliphatic heterocycles. The minimum atomic E-state index is -0.263. The number of ether oxygens (including phenoxy) is 2. The zero-order chi connectivity index (χ0) is 21.6. The lowest BCUT2D eigenvalue weighted by molar-refractivity contribution is -0.147. The van der Waals surface area contributed by atoms with E-state index < -0.39 is 0 Å². The Kier molecular flexibility index (Phi) is 13.5. The highest BCUT2D eigenvalue weighted by atomic mass is 16.5. The second-order valence-corrected chi connectivity index (χ2v) is 8.93. The number of carbonyl (C=O) groups is 2. The van der Waals surface area contributed by atoms with Crippen molar-refractivity contribution < 1.29 is 24.2 Å². The highest BCUT2D eigenvalue weighted by Crippen LogP contribution is 2.38. The molecule has 170 valence electrons. The summed E-state index contributed by atoms with van der Waals surface area (Å²) in [5.74, 6) is 0.498. The lowest BCUT2D eigenvalue weighted by atomic mass is 9.85. The number of aliphatic hydroxyl groups excluding tert-OH is 1. The Hall–Kier alpha value is -0.940. The molecule has 5 nitrogen and oxygen atoms in total. The van der Waals surface area contributed by atoms with Crippen molar-refractivity contribution in [2.24, 2.45) is 11.8 Å². The number of ketones is 1. The number of esters is 1. The van der Waals surface area contributed by atoms with Crippen LogP contribution < -0.4 is 0 Å². The smallest absolute Gasteiger partial charge is 0.306 e. The van der Waals surface area contributed by atoms with Gasteiger partial charge in [0, 0.05) is 25.9 Å². The normalized spacial score (nSPS) is 23.0. The maximum Gasteiger partial charge on any atom is 0.306 e. The number of unbranched alkanes of at least 4 members (excludes halogenated alkanes) is 5. The summed E-state index contributed by atoms with van der Waals surface area (Å²) in [4.78, 5) is 24.1. The summed E-state index contributed by atoms with van der Waals surface area (Å²) in [6, 6.07) is 0. The van der Waals surface area contributed by atoms with Gasteiger partial charge in [-0.2, -0.15) is 0 Å². The monoisotopic (exact) mass is 412 g/mol. The van der Waals surface area contributed by atoms with Crippen LogP contribution in [0, 0.1) is 11.8 Å². The number of hydrogen-bond donors (Lipinski definition) is 1. The standard InChI is InChI=1S/C24H44O5/c1-5-6-9-12-19(25)15-16-21-20(22(26)17-23(21)28-4)13-10-7-8-11-14-24(27)29-18(2)3/h18-21,23,25H,5-17H2,1-4H3/t19?,20-,21-,23-/m1/s1. The molecule has 1 unspecified atom stereocenters. The predicted octanol–water partition coefficient (Wildman–Crippen LogP) is 5.22. The third kappa shape index (κ3) is 10.6. The van der Waals surface area contributed by atoms with Gasteiger partial charge in [0.1, 0.15) is 5.78 Å². The van der Waals surface area contributed by atoms with Crippen molar-refractivity contribution in [3.05, 3.63) is 0 Å². The number of carbonyl (C=O) groups excluding carboxylic acids is 2. The van der Waals surface area contributed by atoms with Gasteiger partial charge in [-0.1, -0.05) is 45.4 Å². The molecule has 0 spiro atoms. The maximum atomic E-state index is 12.5. The largest absolute Gasteiger partial charge is 0.463 e. The molecule has 4 atom stereocenters. The van der Waals surface area contributed by atoms with E-state index in [4.69, 9.17) is 9.47 Å². The minimum Gasteiger partial charge on any atom is -0.463 e. The van der Waals surface area contributed by atoms with Crippen molar-refractivity contribution in [2.75, 3.05) is 7.11 Å². The summed E-state index contributed by atoms with van der Waals surface area (Å²) in [5.41, 5.74) is 0. The van der Waals surface area contributed by atoms with E-state index in [0.29, 0.717) is 18.6 Å². The minimum absolute atomic E-state index is 0.00106. The molecular formula is C24H44O5. The van der Waals surface area contributed by atoms with Gasteiger partial charge >= 0.3 is 5.97 Å². The average Bonchev–Trinajstić information content (AvgIpc) is 2.97. The number of aliphatic hydroxyl groups is 1. The van der Waals surface area contributed by atoms with Crippen LogP contribution in [0.1, 0.15) is 104 Å². The molecule has 1 saturated carbocycles. The molecule has 0 aromatic rings. The second kappa shape index (κ2) is 15.0. The first-order valence-corrected chi connectivity index (χ1v) is 11.8. The first-order chi connectivity index (χ1) is 13.9.